The zero-order chi connectivity index (χ0) is 41.3. The number of azo groups is 3. The molecular weight excluding hydrogens is 807 g/mol. The minimum absolute atomic E-state index is 0.103. The number of anilines is 4. The van der Waals surface area contributed by atoms with Crippen molar-refractivity contribution in [2.24, 2.45) is 30.7 Å². The van der Waals surface area contributed by atoms with Crippen molar-refractivity contribution in [3.8, 4) is 11.5 Å². The Morgan fingerprint density at radius 3 is 1.74 bits per heavy atom. The number of aromatic hydroxyl groups is 2. The summed E-state index contributed by atoms with van der Waals surface area (Å²) in [4.78, 5) is -2.74. The summed E-state index contributed by atoms with van der Waals surface area (Å²) in [7, 11) is -15.4. The fourth-order valence-corrected chi connectivity index (χ4v) is 7.22. The smallest absolute Gasteiger partial charge is 0.296 e. The molecule has 10 N–H and O–H groups in total. The molecule has 0 aliphatic carbocycles. The number of phenols is 2. The molecule has 0 heterocycles. The van der Waals surface area contributed by atoms with Crippen LogP contribution in [-0.4, -0.2) is 49.1 Å². The van der Waals surface area contributed by atoms with Crippen LogP contribution in [0.25, 0.3) is 10.8 Å². The molecule has 0 radical (unpaired) electrons. The minimum Gasteiger partial charge on any atom is -0.506 e. The molecule has 0 aliphatic heterocycles. The molecule has 57 heavy (non-hydrogen) atoms. The highest BCUT2D eigenvalue weighted by Gasteiger charge is 2.28. The second kappa shape index (κ2) is 15.3. The number of hydrogen-bond donors (Lipinski definition) is 8. The number of rotatable bonds is 11. The Balaban J connectivity index is 1.37. The number of fused-ring (bicyclic) bond motifs is 1. The molecule has 20 nitrogen and oxygen atoms in total. The first-order valence-electron chi connectivity index (χ1n) is 15.7. The van der Waals surface area contributed by atoms with Gasteiger partial charge in [0.05, 0.1) is 33.8 Å². The Bertz CT molecular complexity index is 3000. The van der Waals surface area contributed by atoms with E-state index in [9.17, 15) is 49.1 Å². The van der Waals surface area contributed by atoms with E-state index in [1.807, 2.05) is 0 Å². The van der Waals surface area contributed by atoms with Gasteiger partial charge < -0.3 is 27.0 Å². The average molecular weight is 834 g/mol. The van der Waals surface area contributed by atoms with Crippen molar-refractivity contribution < 1.29 is 49.1 Å². The number of nitrogen functional groups attached to an aromatic ring is 2. The number of nitrogens with two attached hydrogens (primary N) is 2. The summed E-state index contributed by atoms with van der Waals surface area (Å²) in [5.74, 6) is -1.24. The van der Waals surface area contributed by atoms with Crippen LogP contribution < -0.4 is 16.8 Å². The van der Waals surface area contributed by atoms with Crippen LogP contribution in [0.3, 0.4) is 0 Å². The standard InChI is InChI=1S/C34H27N9O11S3/c35-18-6-12-24(27(44)14-18)41-38-21-9-7-19(8-10-21)37-25-13-11-22(15-29(25)56(49,50)51)40-42-26-17-28(55(46,47)48)23-16-30(57(52,53)54)33(34(45)31(23)32(26)36)43-39-20-4-2-1-3-5-20/h1-17,37,44-45H,35-36H2,(H,46,47,48)(H,49,50,51)(H,52,53,54). The van der Waals surface area contributed by atoms with Crippen molar-refractivity contribution in [1.82, 2.24) is 0 Å². The SMILES string of the molecule is Nc1ccc(N=Nc2ccc(Nc3ccc(N=Nc4cc(S(=O)(=O)O)c5cc(S(=O)(=O)O)c(N=Nc6ccccc6)c(O)c5c4N)cc3S(=O)(=O)O)cc2)c(O)c1. The zero-order valence-corrected chi connectivity index (χ0v) is 31.0. The van der Waals surface area contributed by atoms with E-state index in [1.165, 1.54) is 66.7 Å². The summed E-state index contributed by atoms with van der Waals surface area (Å²) in [5.41, 5.74) is 11.1. The predicted octanol–water partition coefficient (Wildman–Crippen LogP) is 8.15. The van der Waals surface area contributed by atoms with Crippen molar-refractivity contribution in [2.45, 2.75) is 14.7 Å². The molecule has 6 aromatic carbocycles. The maximum Gasteiger partial charge on any atom is 0.296 e. The quantitative estimate of drug-likeness (QED) is 0.0347. The molecular formula is C34H27N9O11S3. The predicted molar refractivity (Wildman–Crippen MR) is 207 cm³/mol. The lowest BCUT2D eigenvalue weighted by Gasteiger charge is -2.14. The summed E-state index contributed by atoms with van der Waals surface area (Å²) in [5, 5.41) is 46.2. The third-order valence-corrected chi connectivity index (χ3v) is 10.5. The van der Waals surface area contributed by atoms with Gasteiger partial charge in [-0.2, -0.15) is 40.6 Å². The third kappa shape index (κ3) is 8.99. The molecule has 0 amide bonds. The first-order valence-corrected chi connectivity index (χ1v) is 20.1. The molecule has 0 fully saturated rings. The van der Waals surface area contributed by atoms with Crippen molar-refractivity contribution in [1.29, 1.82) is 0 Å². The van der Waals surface area contributed by atoms with Gasteiger partial charge in [-0.1, -0.05) is 18.2 Å². The third-order valence-electron chi connectivity index (χ3n) is 7.83. The summed E-state index contributed by atoms with van der Waals surface area (Å²) >= 11 is 0. The molecule has 0 unspecified atom stereocenters. The van der Waals surface area contributed by atoms with Crippen LogP contribution in [0.15, 0.2) is 149 Å². The van der Waals surface area contributed by atoms with Crippen LogP contribution in [0.5, 0.6) is 11.5 Å². The molecule has 0 aromatic heterocycles. The van der Waals surface area contributed by atoms with Gasteiger partial charge in [0.2, 0.25) is 0 Å². The van der Waals surface area contributed by atoms with Crippen molar-refractivity contribution >= 4 is 98.0 Å². The topological polar surface area (TPSA) is 342 Å². The van der Waals surface area contributed by atoms with Crippen LogP contribution in [0.4, 0.5) is 56.9 Å². The first-order chi connectivity index (χ1) is 26.8. The van der Waals surface area contributed by atoms with E-state index in [-0.39, 0.29) is 28.5 Å². The van der Waals surface area contributed by atoms with Crippen LogP contribution in [-0.2, 0) is 30.4 Å². The lowest BCUT2D eigenvalue weighted by atomic mass is 10.0. The van der Waals surface area contributed by atoms with E-state index in [0.29, 0.717) is 29.2 Å². The Labute approximate surface area is 322 Å². The monoisotopic (exact) mass is 833 g/mol. The van der Waals surface area contributed by atoms with Crippen LogP contribution >= 0.6 is 0 Å². The van der Waals surface area contributed by atoms with Gasteiger partial charge >= 0.3 is 0 Å². The molecule has 6 aromatic rings. The van der Waals surface area contributed by atoms with Crippen molar-refractivity contribution in [3.63, 3.8) is 0 Å². The van der Waals surface area contributed by atoms with E-state index >= 15 is 0 Å². The lowest BCUT2D eigenvalue weighted by Crippen LogP contribution is -2.04. The Morgan fingerprint density at radius 1 is 0.526 bits per heavy atom. The highest BCUT2D eigenvalue weighted by atomic mass is 32.2. The molecule has 23 heteroatoms. The van der Waals surface area contributed by atoms with E-state index in [4.69, 9.17) is 11.5 Å². The fraction of sp³-hybridized carbons (Fsp3) is 0. The number of nitrogens with zero attached hydrogens (tertiary/aromatic N) is 6. The van der Waals surface area contributed by atoms with Crippen LogP contribution in [0, 0.1) is 0 Å². The zero-order valence-electron chi connectivity index (χ0n) is 28.6. The molecule has 0 spiro atoms. The summed E-state index contributed by atoms with van der Waals surface area (Å²) in [6, 6.07) is 22.9. The number of nitrogens with one attached hydrogen (secondary N) is 1. The van der Waals surface area contributed by atoms with Crippen LogP contribution in [0.2, 0.25) is 0 Å². The normalized spacial score (nSPS) is 12.6. The number of benzene rings is 6. The highest BCUT2D eigenvalue weighted by Crippen LogP contribution is 2.48. The first kappa shape index (κ1) is 39.8. The maximum absolute atomic E-state index is 12.5. The Kier molecular flexibility index (Phi) is 10.7. The van der Waals surface area contributed by atoms with Gasteiger partial charge in [-0.05, 0) is 78.9 Å². The Morgan fingerprint density at radius 2 is 1.11 bits per heavy atom. The molecule has 6 rings (SSSR count). The largest absolute Gasteiger partial charge is 0.506 e. The van der Waals surface area contributed by atoms with Crippen LogP contribution in [0.1, 0.15) is 0 Å². The summed E-state index contributed by atoms with van der Waals surface area (Å²) < 4.78 is 105. The van der Waals surface area contributed by atoms with Gasteiger partial charge in [0.15, 0.2) is 5.75 Å². The Hall–Kier alpha value is -6.89. The van der Waals surface area contributed by atoms with E-state index in [1.54, 1.807) is 18.2 Å². The summed E-state index contributed by atoms with van der Waals surface area (Å²) in [6.45, 7) is 0. The van der Waals surface area contributed by atoms with E-state index in [2.05, 4.69) is 36.0 Å². The fourth-order valence-electron chi connectivity index (χ4n) is 5.21. The van der Waals surface area contributed by atoms with Gasteiger partial charge in [-0.3, -0.25) is 13.7 Å². The van der Waals surface area contributed by atoms with Gasteiger partial charge in [-0.25, -0.2) is 0 Å². The van der Waals surface area contributed by atoms with Gasteiger partial charge in [0.1, 0.15) is 37.5 Å². The van der Waals surface area contributed by atoms with Crippen molar-refractivity contribution in [3.05, 3.63) is 103 Å². The van der Waals surface area contributed by atoms with Crippen molar-refractivity contribution in [2.75, 3.05) is 16.8 Å². The number of phenolic OH excluding ortho intramolecular Hbond substituents is 2. The average Bonchev–Trinajstić information content (AvgIpc) is 3.13. The lowest BCUT2D eigenvalue weighted by molar-refractivity contribution is 0.471. The maximum atomic E-state index is 12.5. The van der Waals surface area contributed by atoms with Gasteiger partial charge in [0.25, 0.3) is 30.4 Å². The molecule has 0 saturated carbocycles. The molecule has 0 saturated heterocycles. The summed E-state index contributed by atoms with van der Waals surface area (Å²) in [6.07, 6.45) is 0. The molecule has 292 valence electrons. The van der Waals surface area contributed by atoms with Gasteiger partial charge in [-0.15, -0.1) is 15.3 Å². The van der Waals surface area contributed by atoms with E-state index in [0.717, 1.165) is 6.07 Å². The molecule has 0 aliphatic rings. The second-order valence-corrected chi connectivity index (χ2v) is 15.9. The highest BCUT2D eigenvalue weighted by molar-refractivity contribution is 7.86. The van der Waals surface area contributed by atoms with E-state index < -0.39 is 78.6 Å². The molecule has 0 atom stereocenters. The second-order valence-electron chi connectivity index (χ2n) is 11.8. The molecule has 0 bridgehead atoms. The van der Waals surface area contributed by atoms with Gasteiger partial charge in [0, 0.05) is 22.8 Å². The number of hydrogen-bond acceptors (Lipinski definition) is 17. The minimum atomic E-state index is -5.23.